The Morgan fingerprint density at radius 2 is 2.19 bits per heavy atom. The van der Waals surface area contributed by atoms with E-state index in [-0.39, 0.29) is 11.9 Å². The number of carbonyl (C=O) groups is 1. The molecule has 0 atom stereocenters. The van der Waals surface area contributed by atoms with Crippen LogP contribution < -0.4 is 11.1 Å². The fourth-order valence-corrected chi connectivity index (χ4v) is 2.52. The summed E-state index contributed by atoms with van der Waals surface area (Å²) < 4.78 is 5.06. The van der Waals surface area contributed by atoms with Crippen molar-refractivity contribution in [1.82, 2.24) is 5.32 Å². The summed E-state index contributed by atoms with van der Waals surface area (Å²) in [5.41, 5.74) is 7.36. The van der Waals surface area contributed by atoms with E-state index in [2.05, 4.69) is 5.32 Å². The summed E-state index contributed by atoms with van der Waals surface area (Å²) >= 11 is 1.41. The third kappa shape index (κ3) is 2.74. The van der Waals surface area contributed by atoms with E-state index in [0.29, 0.717) is 17.2 Å². The molecule has 1 heterocycles. The second-order valence-electron chi connectivity index (χ2n) is 3.95. The number of carbonyl (C=O) groups excluding carboxylic acids is 1. The van der Waals surface area contributed by atoms with Crippen molar-refractivity contribution < 1.29 is 9.53 Å². The van der Waals surface area contributed by atoms with Gasteiger partial charge in [0.15, 0.2) is 0 Å². The Hall–Kier alpha value is -1.07. The van der Waals surface area contributed by atoms with E-state index >= 15 is 0 Å². The number of rotatable bonds is 4. The lowest BCUT2D eigenvalue weighted by Crippen LogP contribution is -2.30. The molecule has 0 saturated heterocycles. The van der Waals surface area contributed by atoms with Crippen molar-refractivity contribution in [2.24, 2.45) is 0 Å². The molecule has 5 heteroatoms. The first-order valence-corrected chi connectivity index (χ1v) is 5.96. The fourth-order valence-electron chi connectivity index (χ4n) is 1.47. The second-order valence-corrected chi connectivity index (χ2v) is 5.09. The first-order chi connectivity index (χ1) is 7.47. The third-order valence-electron chi connectivity index (χ3n) is 2.20. The predicted molar refractivity (Wildman–Crippen MR) is 66.8 cm³/mol. The third-order valence-corrected chi connectivity index (χ3v) is 3.29. The number of nitrogen functional groups attached to an aromatic ring is 1. The number of anilines is 1. The number of thiophene rings is 1. The van der Waals surface area contributed by atoms with Crippen LogP contribution in [0.4, 0.5) is 5.00 Å². The van der Waals surface area contributed by atoms with Gasteiger partial charge in [-0.15, -0.1) is 11.3 Å². The van der Waals surface area contributed by atoms with Crippen molar-refractivity contribution in [3.63, 3.8) is 0 Å². The normalized spacial score (nSPS) is 10.8. The van der Waals surface area contributed by atoms with Gasteiger partial charge in [0.05, 0.1) is 17.2 Å². The van der Waals surface area contributed by atoms with Crippen LogP contribution in [0.25, 0.3) is 0 Å². The molecule has 0 aromatic carbocycles. The zero-order valence-corrected chi connectivity index (χ0v) is 10.9. The van der Waals surface area contributed by atoms with Gasteiger partial charge in [-0.3, -0.25) is 4.79 Å². The van der Waals surface area contributed by atoms with Gasteiger partial charge in [-0.05, 0) is 26.3 Å². The lowest BCUT2D eigenvalue weighted by Gasteiger charge is -2.08. The van der Waals surface area contributed by atoms with Crippen molar-refractivity contribution in [2.75, 3.05) is 12.8 Å². The Labute approximate surface area is 99.8 Å². The first kappa shape index (κ1) is 13.0. The van der Waals surface area contributed by atoms with Crippen molar-refractivity contribution in [2.45, 2.75) is 33.4 Å². The summed E-state index contributed by atoms with van der Waals surface area (Å²) in [5.74, 6) is -0.108. The van der Waals surface area contributed by atoms with Crippen molar-refractivity contribution in [3.8, 4) is 0 Å². The highest BCUT2D eigenvalue weighted by Crippen LogP contribution is 2.30. The van der Waals surface area contributed by atoms with Crippen LogP contribution in [-0.2, 0) is 11.3 Å². The second kappa shape index (κ2) is 5.32. The van der Waals surface area contributed by atoms with Crippen molar-refractivity contribution in [1.29, 1.82) is 0 Å². The van der Waals surface area contributed by atoms with E-state index < -0.39 is 0 Å². The molecule has 90 valence electrons. The van der Waals surface area contributed by atoms with Crippen LogP contribution in [0.15, 0.2) is 0 Å². The number of amides is 1. The lowest BCUT2D eigenvalue weighted by molar-refractivity contribution is 0.0943. The molecule has 0 fully saturated rings. The summed E-state index contributed by atoms with van der Waals surface area (Å²) in [6, 6.07) is 0.108. The molecule has 1 aromatic rings. The highest BCUT2D eigenvalue weighted by Gasteiger charge is 2.19. The topological polar surface area (TPSA) is 64.3 Å². The Morgan fingerprint density at radius 3 is 2.69 bits per heavy atom. The molecule has 16 heavy (non-hydrogen) atoms. The molecule has 0 aliphatic rings. The zero-order valence-electron chi connectivity index (χ0n) is 10.1. The van der Waals surface area contributed by atoms with Gasteiger partial charge in [-0.2, -0.15) is 0 Å². The molecule has 0 bridgehead atoms. The lowest BCUT2D eigenvalue weighted by atomic mass is 10.1. The standard InChI is InChI=1S/C11H18N2O2S/c1-6(2)13-11(14)9-7(3)8(5-15-4)16-10(9)12/h6H,5,12H2,1-4H3,(H,13,14). The predicted octanol–water partition coefficient (Wildman–Crippen LogP) is 1.92. The van der Waals surface area contributed by atoms with E-state index in [0.717, 1.165) is 10.4 Å². The highest BCUT2D eigenvalue weighted by molar-refractivity contribution is 7.16. The number of hydrogen-bond acceptors (Lipinski definition) is 4. The Balaban J connectivity index is 2.99. The van der Waals surface area contributed by atoms with Crippen LogP contribution in [0.2, 0.25) is 0 Å². The zero-order chi connectivity index (χ0) is 12.3. The van der Waals surface area contributed by atoms with E-state index in [1.165, 1.54) is 11.3 Å². The van der Waals surface area contributed by atoms with Crippen LogP contribution in [0, 0.1) is 6.92 Å². The summed E-state index contributed by atoms with van der Waals surface area (Å²) in [7, 11) is 1.63. The molecule has 0 unspecified atom stereocenters. The average molecular weight is 242 g/mol. The van der Waals surface area contributed by atoms with E-state index in [1.807, 2.05) is 20.8 Å². The van der Waals surface area contributed by atoms with E-state index in [1.54, 1.807) is 7.11 Å². The number of nitrogens with two attached hydrogens (primary N) is 1. The smallest absolute Gasteiger partial charge is 0.254 e. The van der Waals surface area contributed by atoms with Gasteiger partial charge in [0.1, 0.15) is 0 Å². The maximum Gasteiger partial charge on any atom is 0.254 e. The largest absolute Gasteiger partial charge is 0.390 e. The van der Waals surface area contributed by atoms with Gasteiger partial charge in [0.25, 0.3) is 5.91 Å². The minimum atomic E-state index is -0.108. The summed E-state index contributed by atoms with van der Waals surface area (Å²) in [4.78, 5) is 12.9. The summed E-state index contributed by atoms with van der Waals surface area (Å²) in [6.45, 7) is 6.24. The van der Waals surface area contributed by atoms with Crippen LogP contribution in [-0.4, -0.2) is 19.1 Å². The van der Waals surface area contributed by atoms with E-state index in [4.69, 9.17) is 10.5 Å². The molecular formula is C11H18N2O2S. The van der Waals surface area contributed by atoms with Gasteiger partial charge < -0.3 is 15.8 Å². The van der Waals surface area contributed by atoms with Crippen molar-refractivity contribution in [3.05, 3.63) is 16.0 Å². The van der Waals surface area contributed by atoms with Gasteiger partial charge in [-0.25, -0.2) is 0 Å². The molecule has 0 spiro atoms. The monoisotopic (exact) mass is 242 g/mol. The minimum absolute atomic E-state index is 0.108. The first-order valence-electron chi connectivity index (χ1n) is 5.14. The number of ether oxygens (including phenoxy) is 1. The fraction of sp³-hybridized carbons (Fsp3) is 0.545. The molecule has 0 aliphatic carbocycles. The number of methoxy groups -OCH3 is 1. The maximum absolute atomic E-state index is 11.9. The Kier molecular flexibility index (Phi) is 4.32. The molecule has 4 nitrogen and oxygen atoms in total. The molecular weight excluding hydrogens is 224 g/mol. The quantitative estimate of drug-likeness (QED) is 0.848. The minimum Gasteiger partial charge on any atom is -0.390 e. The number of nitrogens with one attached hydrogen (secondary N) is 1. The number of hydrogen-bond donors (Lipinski definition) is 2. The highest BCUT2D eigenvalue weighted by atomic mass is 32.1. The van der Waals surface area contributed by atoms with Gasteiger partial charge in [0, 0.05) is 18.0 Å². The Morgan fingerprint density at radius 1 is 1.56 bits per heavy atom. The molecule has 0 aliphatic heterocycles. The average Bonchev–Trinajstić information content (AvgIpc) is 2.41. The molecule has 1 aromatic heterocycles. The van der Waals surface area contributed by atoms with Crippen molar-refractivity contribution >= 4 is 22.2 Å². The molecule has 0 radical (unpaired) electrons. The van der Waals surface area contributed by atoms with Gasteiger partial charge >= 0.3 is 0 Å². The summed E-state index contributed by atoms with van der Waals surface area (Å²) in [5, 5.41) is 3.40. The van der Waals surface area contributed by atoms with Crippen LogP contribution in [0.5, 0.6) is 0 Å². The Bertz CT molecular complexity index is 386. The summed E-state index contributed by atoms with van der Waals surface area (Å²) in [6.07, 6.45) is 0. The van der Waals surface area contributed by atoms with Gasteiger partial charge in [0.2, 0.25) is 0 Å². The van der Waals surface area contributed by atoms with Crippen LogP contribution >= 0.6 is 11.3 Å². The molecule has 3 N–H and O–H groups in total. The molecule has 1 amide bonds. The van der Waals surface area contributed by atoms with Crippen LogP contribution in [0.3, 0.4) is 0 Å². The molecule has 1 rings (SSSR count). The van der Waals surface area contributed by atoms with E-state index in [9.17, 15) is 4.79 Å². The van der Waals surface area contributed by atoms with Crippen LogP contribution in [0.1, 0.15) is 34.6 Å². The van der Waals surface area contributed by atoms with Gasteiger partial charge in [-0.1, -0.05) is 0 Å². The SMILES string of the molecule is COCc1sc(N)c(C(=O)NC(C)C)c1C. The maximum atomic E-state index is 11.9. The molecule has 0 saturated carbocycles.